The lowest BCUT2D eigenvalue weighted by Crippen LogP contribution is -2.35. The summed E-state index contributed by atoms with van der Waals surface area (Å²) in [5.74, 6) is 0.232. The van der Waals surface area contributed by atoms with Gasteiger partial charge < -0.3 is 10.6 Å². The number of nitrogens with one attached hydrogen (secondary N) is 2. The number of rotatable bonds is 6. The molecule has 1 saturated carbocycles. The molecule has 1 aliphatic heterocycles. The van der Waals surface area contributed by atoms with E-state index >= 15 is 0 Å². The Labute approximate surface area is 157 Å². The first-order valence-electron chi connectivity index (χ1n) is 8.56. The zero-order chi connectivity index (χ0) is 18.9. The summed E-state index contributed by atoms with van der Waals surface area (Å²) in [6.07, 6.45) is 2.86. The van der Waals surface area contributed by atoms with Gasteiger partial charge in [-0.05, 0) is 42.9 Å². The molecule has 2 N–H and O–H groups in total. The molecule has 0 radical (unpaired) electrons. The molecule has 1 aromatic heterocycles. The molecule has 2 heterocycles. The number of fused-ring (bicyclic) bond motifs is 1. The molecule has 2 atom stereocenters. The Balaban J connectivity index is 1.62. The fraction of sp³-hybridized carbons (Fsp3) is 0.529. The number of carbonyl (C=O) groups is 2. The summed E-state index contributed by atoms with van der Waals surface area (Å²) in [5, 5.41) is 5.59. The fourth-order valence-electron chi connectivity index (χ4n) is 3.76. The van der Waals surface area contributed by atoms with Crippen molar-refractivity contribution in [3.63, 3.8) is 0 Å². The molecule has 9 heteroatoms. The SMILES string of the molecule is C=CC(=O)NC1CC2CN(S(=O)(=O)c3ccc(CNC(C)=O)s3)CC2C1. The predicted molar refractivity (Wildman–Crippen MR) is 98.9 cm³/mol. The van der Waals surface area contributed by atoms with Crippen LogP contribution in [0.5, 0.6) is 0 Å². The first-order chi connectivity index (χ1) is 12.3. The third kappa shape index (κ3) is 3.99. The van der Waals surface area contributed by atoms with Gasteiger partial charge in [0.25, 0.3) is 10.0 Å². The number of thiophene rings is 1. The predicted octanol–water partition coefficient (Wildman–Crippen LogP) is 1.09. The van der Waals surface area contributed by atoms with Gasteiger partial charge in [0.2, 0.25) is 11.8 Å². The Morgan fingerprint density at radius 3 is 2.54 bits per heavy atom. The number of hydrogen-bond acceptors (Lipinski definition) is 5. The number of nitrogens with zero attached hydrogens (tertiary/aromatic N) is 1. The number of amides is 2. The highest BCUT2D eigenvalue weighted by atomic mass is 32.2. The second-order valence-electron chi connectivity index (χ2n) is 6.85. The Hall–Kier alpha value is -1.71. The third-order valence-corrected chi connectivity index (χ3v) is 8.38. The van der Waals surface area contributed by atoms with Crippen LogP contribution >= 0.6 is 11.3 Å². The minimum atomic E-state index is -3.51. The van der Waals surface area contributed by atoms with Crippen LogP contribution in [-0.4, -0.2) is 43.7 Å². The smallest absolute Gasteiger partial charge is 0.252 e. The van der Waals surface area contributed by atoms with Crippen molar-refractivity contribution in [3.05, 3.63) is 29.7 Å². The Morgan fingerprint density at radius 2 is 1.96 bits per heavy atom. The number of hydrogen-bond donors (Lipinski definition) is 2. The molecule has 1 aliphatic carbocycles. The maximum atomic E-state index is 12.9. The summed E-state index contributed by atoms with van der Waals surface area (Å²) in [5.41, 5.74) is 0. The number of carbonyl (C=O) groups excluding carboxylic acids is 2. The van der Waals surface area contributed by atoms with Gasteiger partial charge in [-0.25, -0.2) is 8.42 Å². The molecule has 2 aliphatic rings. The first kappa shape index (κ1) is 19.1. The molecule has 0 spiro atoms. The summed E-state index contributed by atoms with van der Waals surface area (Å²) in [6.45, 7) is 6.21. The van der Waals surface area contributed by atoms with E-state index in [1.54, 1.807) is 16.4 Å². The molecule has 2 fully saturated rings. The lowest BCUT2D eigenvalue weighted by molar-refractivity contribution is -0.119. The number of sulfonamides is 1. The van der Waals surface area contributed by atoms with E-state index in [9.17, 15) is 18.0 Å². The van der Waals surface area contributed by atoms with E-state index in [0.29, 0.717) is 23.8 Å². The van der Waals surface area contributed by atoms with Crippen molar-refractivity contribution in [1.82, 2.24) is 14.9 Å². The maximum Gasteiger partial charge on any atom is 0.252 e. The molecule has 0 aromatic carbocycles. The highest BCUT2D eigenvalue weighted by molar-refractivity contribution is 7.91. The van der Waals surface area contributed by atoms with Crippen LogP contribution in [0.1, 0.15) is 24.6 Å². The van der Waals surface area contributed by atoms with Crippen LogP contribution in [0.2, 0.25) is 0 Å². The van der Waals surface area contributed by atoms with E-state index in [1.165, 1.54) is 24.3 Å². The van der Waals surface area contributed by atoms with Crippen molar-refractivity contribution in [2.45, 2.75) is 36.6 Å². The quantitative estimate of drug-likeness (QED) is 0.703. The molecule has 2 amide bonds. The van der Waals surface area contributed by atoms with Gasteiger partial charge in [-0.2, -0.15) is 4.31 Å². The van der Waals surface area contributed by atoms with Gasteiger partial charge in [-0.15, -0.1) is 11.3 Å². The molecule has 0 bridgehead atoms. The van der Waals surface area contributed by atoms with Crippen molar-refractivity contribution in [2.75, 3.05) is 13.1 Å². The second-order valence-corrected chi connectivity index (χ2v) is 10.2. The highest BCUT2D eigenvalue weighted by Gasteiger charge is 2.45. The molecule has 7 nitrogen and oxygen atoms in total. The minimum absolute atomic E-state index is 0.103. The summed E-state index contributed by atoms with van der Waals surface area (Å²) < 4.78 is 27.6. The lowest BCUT2D eigenvalue weighted by Gasteiger charge is -2.18. The molecular formula is C17H23N3O4S2. The molecule has 1 aromatic rings. The van der Waals surface area contributed by atoms with E-state index in [1.807, 2.05) is 0 Å². The highest BCUT2D eigenvalue weighted by Crippen LogP contribution is 2.40. The van der Waals surface area contributed by atoms with Gasteiger partial charge in [0.15, 0.2) is 0 Å². The van der Waals surface area contributed by atoms with Crippen LogP contribution in [0.25, 0.3) is 0 Å². The van der Waals surface area contributed by atoms with E-state index in [-0.39, 0.29) is 29.7 Å². The monoisotopic (exact) mass is 397 g/mol. The van der Waals surface area contributed by atoms with Crippen LogP contribution in [0.15, 0.2) is 29.0 Å². The van der Waals surface area contributed by atoms with Crippen LogP contribution in [0, 0.1) is 11.8 Å². The van der Waals surface area contributed by atoms with Crippen molar-refractivity contribution >= 4 is 33.2 Å². The average molecular weight is 398 g/mol. The van der Waals surface area contributed by atoms with E-state index < -0.39 is 10.0 Å². The van der Waals surface area contributed by atoms with E-state index in [0.717, 1.165) is 17.7 Å². The Kier molecular flexibility index (Phi) is 5.50. The molecule has 26 heavy (non-hydrogen) atoms. The van der Waals surface area contributed by atoms with Gasteiger partial charge in [0.1, 0.15) is 4.21 Å². The zero-order valence-electron chi connectivity index (χ0n) is 14.6. The van der Waals surface area contributed by atoms with E-state index in [2.05, 4.69) is 17.2 Å². The zero-order valence-corrected chi connectivity index (χ0v) is 16.2. The van der Waals surface area contributed by atoms with Crippen LogP contribution < -0.4 is 10.6 Å². The summed E-state index contributed by atoms with van der Waals surface area (Å²) in [6, 6.07) is 3.45. The van der Waals surface area contributed by atoms with Gasteiger partial charge in [-0.1, -0.05) is 6.58 Å². The molecule has 2 unspecified atom stereocenters. The summed E-state index contributed by atoms with van der Waals surface area (Å²) >= 11 is 1.20. The standard InChI is InChI=1S/C17H23N3O4S2/c1-3-16(22)19-14-6-12-9-20(10-13(12)7-14)26(23,24)17-5-4-15(25-17)8-18-11(2)21/h3-5,12-14H,1,6-10H2,2H3,(H,18,21)(H,19,22). The first-order valence-corrected chi connectivity index (χ1v) is 10.8. The van der Waals surface area contributed by atoms with E-state index in [4.69, 9.17) is 0 Å². The Morgan fingerprint density at radius 1 is 1.31 bits per heavy atom. The van der Waals surface area contributed by atoms with Crippen LogP contribution in [-0.2, 0) is 26.2 Å². The summed E-state index contributed by atoms with van der Waals surface area (Å²) in [4.78, 5) is 23.2. The lowest BCUT2D eigenvalue weighted by atomic mass is 10.0. The second kappa shape index (κ2) is 7.50. The third-order valence-electron chi connectivity index (χ3n) is 4.99. The molecule has 1 saturated heterocycles. The van der Waals surface area contributed by atoms with Crippen molar-refractivity contribution in [1.29, 1.82) is 0 Å². The molecule has 3 rings (SSSR count). The topological polar surface area (TPSA) is 95.6 Å². The largest absolute Gasteiger partial charge is 0.351 e. The van der Waals surface area contributed by atoms with Crippen molar-refractivity contribution in [2.24, 2.45) is 11.8 Å². The van der Waals surface area contributed by atoms with Crippen LogP contribution in [0.3, 0.4) is 0 Å². The molecular weight excluding hydrogens is 374 g/mol. The summed E-state index contributed by atoms with van der Waals surface area (Å²) in [7, 11) is -3.51. The molecule has 142 valence electrons. The average Bonchev–Trinajstić information content (AvgIpc) is 3.27. The van der Waals surface area contributed by atoms with Gasteiger partial charge in [-0.3, -0.25) is 9.59 Å². The van der Waals surface area contributed by atoms with Gasteiger partial charge in [0.05, 0.1) is 6.54 Å². The minimum Gasteiger partial charge on any atom is -0.351 e. The van der Waals surface area contributed by atoms with Crippen molar-refractivity contribution in [3.8, 4) is 0 Å². The fourth-order valence-corrected chi connectivity index (χ4v) is 6.77. The van der Waals surface area contributed by atoms with Crippen molar-refractivity contribution < 1.29 is 18.0 Å². The Bertz CT molecular complexity index is 804. The van der Waals surface area contributed by atoms with Gasteiger partial charge >= 0.3 is 0 Å². The maximum absolute atomic E-state index is 12.9. The van der Waals surface area contributed by atoms with Gasteiger partial charge in [0, 0.05) is 30.9 Å². The normalized spacial score (nSPS) is 25.7. The van der Waals surface area contributed by atoms with Crippen LogP contribution in [0.4, 0.5) is 0 Å².